The molecule has 0 amide bonds. The van der Waals surface area contributed by atoms with Crippen molar-refractivity contribution in [1.29, 1.82) is 0 Å². The average Bonchev–Trinajstić information content (AvgIpc) is 2.79. The van der Waals surface area contributed by atoms with Crippen molar-refractivity contribution in [3.8, 4) is 11.5 Å². The van der Waals surface area contributed by atoms with Crippen LogP contribution in [0.25, 0.3) is 0 Å². The lowest BCUT2D eigenvalue weighted by atomic mass is 9.73. The van der Waals surface area contributed by atoms with Gasteiger partial charge in [0.05, 0.1) is 13.2 Å². The minimum absolute atomic E-state index is 0.0920. The SMILES string of the molecule is C=C(CN1CCOCC1)[C@@H]1CCC(C)=CC1c1c(OC(C)=O)cc(CCCCC)cc1OC(C)=O. The van der Waals surface area contributed by atoms with Gasteiger partial charge in [0.2, 0.25) is 0 Å². The zero-order valence-electron chi connectivity index (χ0n) is 21.9. The number of nitrogens with zero attached hydrogens (tertiary/aromatic N) is 1. The van der Waals surface area contributed by atoms with Gasteiger partial charge in [-0.2, -0.15) is 0 Å². The number of allylic oxidation sites excluding steroid dienone is 2. The molecule has 1 unspecified atom stereocenters. The first-order valence-electron chi connectivity index (χ1n) is 13.0. The smallest absolute Gasteiger partial charge is 0.308 e. The highest BCUT2D eigenvalue weighted by Crippen LogP contribution is 2.47. The molecule has 6 heteroatoms. The molecule has 0 aromatic heterocycles. The van der Waals surface area contributed by atoms with Gasteiger partial charge in [-0.15, -0.1) is 0 Å². The lowest BCUT2D eigenvalue weighted by Crippen LogP contribution is -2.38. The van der Waals surface area contributed by atoms with Crippen LogP contribution in [0.15, 0.2) is 35.9 Å². The Hall–Kier alpha value is -2.44. The van der Waals surface area contributed by atoms with Gasteiger partial charge in [-0.3, -0.25) is 14.5 Å². The van der Waals surface area contributed by atoms with E-state index in [0.717, 1.165) is 88.1 Å². The van der Waals surface area contributed by atoms with Crippen LogP contribution in [0.1, 0.15) is 76.8 Å². The Morgan fingerprint density at radius 3 is 2.29 bits per heavy atom. The Bertz CT molecular complexity index is 907. The lowest BCUT2D eigenvalue weighted by Gasteiger charge is -2.36. The number of carbonyl (C=O) groups is 2. The molecule has 1 aromatic rings. The first kappa shape index (κ1) is 27.2. The number of benzene rings is 1. The van der Waals surface area contributed by atoms with Crippen molar-refractivity contribution in [3.63, 3.8) is 0 Å². The van der Waals surface area contributed by atoms with E-state index in [2.05, 4.69) is 31.4 Å². The lowest BCUT2D eigenvalue weighted by molar-refractivity contribution is -0.132. The fraction of sp³-hybridized carbons (Fsp3) is 0.586. The van der Waals surface area contributed by atoms with Crippen LogP contribution in [0.3, 0.4) is 0 Å². The van der Waals surface area contributed by atoms with E-state index in [1.54, 1.807) is 0 Å². The highest BCUT2D eigenvalue weighted by atomic mass is 16.5. The molecule has 1 heterocycles. The quantitative estimate of drug-likeness (QED) is 0.187. The van der Waals surface area contributed by atoms with Crippen molar-refractivity contribution in [2.45, 2.75) is 72.1 Å². The number of esters is 2. The van der Waals surface area contributed by atoms with Gasteiger partial charge in [0, 0.05) is 45.0 Å². The molecular weight excluding hydrogens is 442 g/mol. The summed E-state index contributed by atoms with van der Waals surface area (Å²) in [6.45, 7) is 15.7. The summed E-state index contributed by atoms with van der Waals surface area (Å²) < 4.78 is 17.0. The summed E-state index contributed by atoms with van der Waals surface area (Å²) in [4.78, 5) is 26.6. The van der Waals surface area contributed by atoms with Gasteiger partial charge in [-0.25, -0.2) is 0 Å². The Morgan fingerprint density at radius 2 is 1.71 bits per heavy atom. The fourth-order valence-electron chi connectivity index (χ4n) is 5.16. The number of hydrogen-bond acceptors (Lipinski definition) is 6. The molecule has 0 spiro atoms. The van der Waals surface area contributed by atoms with Crippen molar-refractivity contribution in [2.75, 3.05) is 32.8 Å². The van der Waals surface area contributed by atoms with Crippen molar-refractivity contribution in [2.24, 2.45) is 5.92 Å². The van der Waals surface area contributed by atoms with Crippen LogP contribution in [-0.2, 0) is 20.7 Å². The molecule has 0 saturated carbocycles. The van der Waals surface area contributed by atoms with Crippen molar-refractivity contribution in [1.82, 2.24) is 4.90 Å². The van der Waals surface area contributed by atoms with Crippen molar-refractivity contribution in [3.05, 3.63) is 47.1 Å². The van der Waals surface area contributed by atoms with Gasteiger partial charge < -0.3 is 14.2 Å². The molecule has 2 aliphatic rings. The van der Waals surface area contributed by atoms with Crippen LogP contribution in [0, 0.1) is 5.92 Å². The Balaban J connectivity index is 2.03. The van der Waals surface area contributed by atoms with Crippen LogP contribution in [-0.4, -0.2) is 49.7 Å². The summed E-state index contributed by atoms with van der Waals surface area (Å²) in [5.74, 6) is 0.268. The first-order chi connectivity index (χ1) is 16.8. The van der Waals surface area contributed by atoms with E-state index in [0.29, 0.717) is 11.5 Å². The number of carbonyl (C=O) groups excluding carboxylic acids is 2. The van der Waals surface area contributed by atoms with E-state index in [9.17, 15) is 9.59 Å². The molecule has 1 saturated heterocycles. The van der Waals surface area contributed by atoms with Crippen LogP contribution < -0.4 is 9.47 Å². The zero-order valence-corrected chi connectivity index (χ0v) is 21.9. The maximum absolute atomic E-state index is 12.1. The van der Waals surface area contributed by atoms with E-state index in [4.69, 9.17) is 14.2 Å². The molecule has 0 N–H and O–H groups in total. The van der Waals surface area contributed by atoms with Crippen LogP contribution >= 0.6 is 0 Å². The summed E-state index contributed by atoms with van der Waals surface area (Å²) in [5, 5.41) is 0. The normalized spacial score (nSPS) is 20.7. The Kier molecular flexibility index (Phi) is 10.1. The molecule has 1 aromatic carbocycles. The second-order valence-electron chi connectivity index (χ2n) is 9.88. The summed E-state index contributed by atoms with van der Waals surface area (Å²) in [7, 11) is 0. The molecule has 3 rings (SSSR count). The van der Waals surface area contributed by atoms with E-state index < -0.39 is 0 Å². The van der Waals surface area contributed by atoms with Gasteiger partial charge in [0.15, 0.2) is 0 Å². The predicted octanol–water partition coefficient (Wildman–Crippen LogP) is 5.60. The maximum atomic E-state index is 12.1. The van der Waals surface area contributed by atoms with Crippen molar-refractivity contribution >= 4 is 11.9 Å². The largest absolute Gasteiger partial charge is 0.426 e. The molecule has 2 atom stereocenters. The van der Waals surface area contributed by atoms with Gasteiger partial charge in [-0.05, 0) is 56.2 Å². The molecule has 192 valence electrons. The Labute approximate surface area is 210 Å². The second-order valence-corrected chi connectivity index (χ2v) is 9.88. The number of unbranched alkanes of at least 4 members (excludes halogenated alkanes) is 2. The number of hydrogen-bond donors (Lipinski definition) is 0. The molecule has 1 aliphatic heterocycles. The van der Waals surface area contributed by atoms with Crippen LogP contribution in [0.5, 0.6) is 11.5 Å². The summed E-state index contributed by atoms with van der Waals surface area (Å²) in [5.41, 5.74) is 4.20. The summed E-state index contributed by atoms with van der Waals surface area (Å²) in [6, 6.07) is 3.91. The van der Waals surface area contributed by atoms with Crippen molar-refractivity contribution < 1.29 is 23.8 Å². The molecular formula is C29H41NO5. The summed E-state index contributed by atoms with van der Waals surface area (Å²) >= 11 is 0. The fourth-order valence-corrected chi connectivity index (χ4v) is 5.16. The Morgan fingerprint density at radius 1 is 1.09 bits per heavy atom. The zero-order chi connectivity index (χ0) is 25.4. The minimum atomic E-state index is -0.383. The molecule has 35 heavy (non-hydrogen) atoms. The monoisotopic (exact) mass is 483 g/mol. The third kappa shape index (κ3) is 7.77. The molecule has 1 aliphatic carbocycles. The topological polar surface area (TPSA) is 65.1 Å². The van der Waals surface area contributed by atoms with Crippen LogP contribution in [0.2, 0.25) is 0 Å². The van der Waals surface area contributed by atoms with Gasteiger partial charge >= 0.3 is 11.9 Å². The van der Waals surface area contributed by atoms with E-state index in [1.165, 1.54) is 19.4 Å². The third-order valence-electron chi connectivity index (χ3n) is 6.88. The number of aryl methyl sites for hydroxylation is 1. The first-order valence-corrected chi connectivity index (χ1v) is 13.0. The van der Waals surface area contributed by atoms with E-state index in [1.807, 2.05) is 12.1 Å². The number of ether oxygens (including phenoxy) is 3. The standard InChI is InChI=1S/C29H41NO5/c1-6-7-8-9-24-17-27(34-22(4)31)29(28(18-24)35-23(5)32)26-16-20(2)10-11-25(26)21(3)19-30-12-14-33-15-13-30/h16-18,25-26H,3,6-15,19H2,1-2,4-5H3/t25-,26?/m0/s1. The van der Waals surface area contributed by atoms with E-state index >= 15 is 0 Å². The molecule has 0 bridgehead atoms. The van der Waals surface area contributed by atoms with Crippen LogP contribution in [0.4, 0.5) is 0 Å². The molecule has 1 fully saturated rings. The maximum Gasteiger partial charge on any atom is 0.308 e. The number of morpholine rings is 1. The highest BCUT2D eigenvalue weighted by molar-refractivity contribution is 5.73. The van der Waals surface area contributed by atoms with Gasteiger partial charge in [0.25, 0.3) is 0 Å². The molecule has 6 nitrogen and oxygen atoms in total. The second kappa shape index (κ2) is 13.0. The predicted molar refractivity (Wildman–Crippen MR) is 138 cm³/mol. The minimum Gasteiger partial charge on any atom is -0.426 e. The van der Waals surface area contributed by atoms with Gasteiger partial charge in [-0.1, -0.05) is 43.6 Å². The molecule has 0 radical (unpaired) electrons. The number of rotatable bonds is 10. The van der Waals surface area contributed by atoms with Gasteiger partial charge in [0.1, 0.15) is 11.5 Å². The van der Waals surface area contributed by atoms with E-state index in [-0.39, 0.29) is 23.8 Å². The third-order valence-corrected chi connectivity index (χ3v) is 6.88. The highest BCUT2D eigenvalue weighted by Gasteiger charge is 2.33. The summed E-state index contributed by atoms with van der Waals surface area (Å²) in [6.07, 6.45) is 8.27. The average molecular weight is 484 g/mol.